The van der Waals surface area contributed by atoms with Gasteiger partial charge in [-0.05, 0) is 32.4 Å². The van der Waals surface area contributed by atoms with Crippen LogP contribution in [0.4, 0.5) is 5.69 Å². The van der Waals surface area contributed by atoms with Gasteiger partial charge < -0.3 is 20.1 Å². The van der Waals surface area contributed by atoms with Gasteiger partial charge >= 0.3 is 5.97 Å². The smallest absolute Gasteiger partial charge is 0.328 e. The summed E-state index contributed by atoms with van der Waals surface area (Å²) < 4.78 is 4.79. The minimum atomic E-state index is -0.879. The van der Waals surface area contributed by atoms with Crippen LogP contribution in [0.1, 0.15) is 26.7 Å². The first-order chi connectivity index (χ1) is 10.8. The van der Waals surface area contributed by atoms with Crippen molar-refractivity contribution in [2.45, 2.75) is 44.4 Å². The number of nitrogens with zero attached hydrogens (tertiary/aromatic N) is 1. The first-order valence-corrected chi connectivity index (χ1v) is 7.75. The molecule has 1 saturated heterocycles. The summed E-state index contributed by atoms with van der Waals surface area (Å²) in [5.41, 5.74) is -0.0480. The fourth-order valence-electron chi connectivity index (χ4n) is 2.84. The van der Waals surface area contributed by atoms with Crippen LogP contribution >= 0.6 is 0 Å². The summed E-state index contributed by atoms with van der Waals surface area (Å²) in [6.07, 6.45) is 0.0776. The van der Waals surface area contributed by atoms with Gasteiger partial charge in [0.25, 0.3) is 0 Å². The van der Waals surface area contributed by atoms with E-state index in [0.717, 1.165) is 5.69 Å². The number of anilines is 1. The molecule has 1 amide bonds. The number of hydrogen-bond donors (Lipinski definition) is 2. The van der Waals surface area contributed by atoms with E-state index < -0.39 is 23.7 Å². The van der Waals surface area contributed by atoms with E-state index in [2.05, 4.69) is 5.32 Å². The quantitative estimate of drug-likeness (QED) is 0.820. The number of ether oxygens (including phenoxy) is 1. The molecule has 0 radical (unpaired) electrons. The van der Waals surface area contributed by atoms with Crippen molar-refractivity contribution in [3.8, 4) is 0 Å². The van der Waals surface area contributed by atoms with E-state index in [4.69, 9.17) is 4.74 Å². The average Bonchev–Trinajstić information content (AvgIpc) is 2.54. The van der Waals surface area contributed by atoms with Crippen LogP contribution in [0.25, 0.3) is 0 Å². The van der Waals surface area contributed by atoms with Crippen molar-refractivity contribution in [3.05, 3.63) is 30.3 Å². The van der Waals surface area contributed by atoms with Crippen LogP contribution in [0.5, 0.6) is 0 Å². The molecule has 6 heteroatoms. The van der Waals surface area contributed by atoms with Gasteiger partial charge in [0.1, 0.15) is 11.6 Å². The fourth-order valence-corrected chi connectivity index (χ4v) is 2.84. The van der Waals surface area contributed by atoms with Gasteiger partial charge in [-0.2, -0.15) is 0 Å². The highest BCUT2D eigenvalue weighted by atomic mass is 16.5. The Labute approximate surface area is 136 Å². The van der Waals surface area contributed by atoms with Crippen LogP contribution in [0.15, 0.2) is 30.3 Å². The van der Waals surface area contributed by atoms with Crippen molar-refractivity contribution in [3.63, 3.8) is 0 Å². The molecular formula is C17H24N2O4. The largest absolute Gasteiger partial charge is 0.467 e. The van der Waals surface area contributed by atoms with Crippen LogP contribution in [0.2, 0.25) is 0 Å². The molecule has 2 atom stereocenters. The summed E-state index contributed by atoms with van der Waals surface area (Å²) in [7, 11) is 1.29. The second-order valence-corrected chi connectivity index (χ2v) is 6.33. The van der Waals surface area contributed by atoms with Gasteiger partial charge in [-0.3, -0.25) is 4.79 Å². The summed E-state index contributed by atoms with van der Waals surface area (Å²) in [6, 6.07) is 8.70. The maximum absolute atomic E-state index is 12.9. The number of piperidine rings is 1. The van der Waals surface area contributed by atoms with Crippen LogP contribution in [0.3, 0.4) is 0 Å². The highest BCUT2D eigenvalue weighted by Crippen LogP contribution is 2.24. The number of aliphatic hydroxyl groups is 1. The highest BCUT2D eigenvalue weighted by molar-refractivity contribution is 5.92. The zero-order chi connectivity index (χ0) is 17.0. The maximum atomic E-state index is 12.9. The Morgan fingerprint density at radius 2 is 1.96 bits per heavy atom. The molecule has 2 rings (SSSR count). The van der Waals surface area contributed by atoms with Crippen LogP contribution < -0.4 is 5.32 Å². The normalized spacial score (nSPS) is 21.7. The van der Waals surface area contributed by atoms with E-state index in [1.54, 1.807) is 13.8 Å². The molecule has 0 aromatic heterocycles. The highest BCUT2D eigenvalue weighted by Gasteiger charge is 2.41. The molecule has 23 heavy (non-hydrogen) atoms. The first-order valence-electron chi connectivity index (χ1n) is 7.75. The summed E-state index contributed by atoms with van der Waals surface area (Å²) >= 11 is 0. The zero-order valence-corrected chi connectivity index (χ0v) is 13.8. The molecule has 126 valence electrons. The Kier molecular flexibility index (Phi) is 5.26. The van der Waals surface area contributed by atoms with Gasteiger partial charge in [-0.1, -0.05) is 18.2 Å². The lowest BCUT2D eigenvalue weighted by atomic mass is 9.95. The number of methoxy groups -OCH3 is 1. The van der Waals surface area contributed by atoms with E-state index in [9.17, 15) is 14.7 Å². The van der Waals surface area contributed by atoms with Gasteiger partial charge in [-0.15, -0.1) is 0 Å². The minimum Gasteiger partial charge on any atom is -0.467 e. The standard InChI is InChI=1S/C17H24N2O4/c1-17(2,18-12-7-5-4-6-8-12)16(22)19-10-9-13(20)11-14(19)15(21)23-3/h4-8,13-14,18,20H,9-11H2,1-3H3. The Morgan fingerprint density at radius 3 is 2.57 bits per heavy atom. The maximum Gasteiger partial charge on any atom is 0.328 e. The van der Waals surface area contributed by atoms with E-state index >= 15 is 0 Å². The molecule has 1 heterocycles. The second kappa shape index (κ2) is 7.00. The topological polar surface area (TPSA) is 78.9 Å². The number of carbonyl (C=O) groups excluding carboxylic acids is 2. The molecule has 6 nitrogen and oxygen atoms in total. The number of amides is 1. The summed E-state index contributed by atoms with van der Waals surface area (Å²) in [5.74, 6) is -0.684. The Morgan fingerprint density at radius 1 is 1.30 bits per heavy atom. The van der Waals surface area contributed by atoms with E-state index in [1.165, 1.54) is 12.0 Å². The molecule has 1 aliphatic heterocycles. The Hall–Kier alpha value is -2.08. The minimum absolute atomic E-state index is 0.191. The van der Waals surface area contributed by atoms with Crippen molar-refractivity contribution in [1.29, 1.82) is 0 Å². The number of benzene rings is 1. The summed E-state index contributed by atoms with van der Waals surface area (Å²) in [5, 5.41) is 13.0. The molecule has 1 aromatic carbocycles. The van der Waals surface area contributed by atoms with E-state index in [1.807, 2.05) is 30.3 Å². The number of likely N-dealkylation sites (tertiary alicyclic amines) is 1. The van der Waals surface area contributed by atoms with Gasteiger partial charge in [0.05, 0.1) is 13.2 Å². The molecule has 2 N–H and O–H groups in total. The molecule has 1 aliphatic rings. The number of para-hydroxylation sites is 1. The number of rotatable bonds is 4. The second-order valence-electron chi connectivity index (χ2n) is 6.33. The molecule has 0 saturated carbocycles. The lowest BCUT2D eigenvalue weighted by Crippen LogP contribution is -2.58. The number of esters is 1. The molecular weight excluding hydrogens is 296 g/mol. The van der Waals surface area contributed by atoms with Crippen molar-refractivity contribution in [2.24, 2.45) is 0 Å². The SMILES string of the molecule is COC(=O)C1CC(O)CCN1C(=O)C(C)(C)Nc1ccccc1. The first kappa shape index (κ1) is 17.3. The van der Waals surface area contributed by atoms with Gasteiger partial charge in [0.15, 0.2) is 0 Å². The molecule has 0 spiro atoms. The van der Waals surface area contributed by atoms with Gasteiger partial charge in [0.2, 0.25) is 5.91 Å². The fraction of sp³-hybridized carbons (Fsp3) is 0.529. The van der Waals surface area contributed by atoms with Crippen molar-refractivity contribution >= 4 is 17.6 Å². The van der Waals surface area contributed by atoms with Crippen molar-refractivity contribution in [1.82, 2.24) is 4.90 Å². The zero-order valence-electron chi connectivity index (χ0n) is 13.8. The number of aliphatic hydroxyl groups excluding tert-OH is 1. The molecule has 2 unspecified atom stereocenters. The summed E-state index contributed by atoms with van der Waals surface area (Å²) in [4.78, 5) is 26.4. The number of hydrogen-bond acceptors (Lipinski definition) is 5. The predicted molar refractivity (Wildman–Crippen MR) is 86.9 cm³/mol. The molecule has 0 aliphatic carbocycles. The number of nitrogens with one attached hydrogen (secondary N) is 1. The molecule has 0 bridgehead atoms. The Bertz CT molecular complexity index is 559. The molecule has 1 aromatic rings. The summed E-state index contributed by atoms with van der Waals surface area (Å²) in [6.45, 7) is 3.89. The van der Waals surface area contributed by atoms with Gasteiger partial charge in [-0.25, -0.2) is 4.79 Å². The third-order valence-electron chi connectivity index (χ3n) is 4.07. The Balaban J connectivity index is 2.17. The van der Waals surface area contributed by atoms with E-state index in [-0.39, 0.29) is 12.3 Å². The number of carbonyl (C=O) groups is 2. The molecule has 1 fully saturated rings. The monoisotopic (exact) mass is 320 g/mol. The van der Waals surface area contributed by atoms with Crippen LogP contribution in [-0.4, -0.2) is 53.2 Å². The lowest BCUT2D eigenvalue weighted by Gasteiger charge is -2.40. The van der Waals surface area contributed by atoms with Crippen molar-refractivity contribution in [2.75, 3.05) is 19.0 Å². The predicted octanol–water partition coefficient (Wildman–Crippen LogP) is 1.40. The van der Waals surface area contributed by atoms with E-state index in [0.29, 0.717) is 13.0 Å². The van der Waals surface area contributed by atoms with Crippen LogP contribution in [0, 0.1) is 0 Å². The van der Waals surface area contributed by atoms with Gasteiger partial charge in [0, 0.05) is 18.7 Å². The lowest BCUT2D eigenvalue weighted by molar-refractivity contribution is -0.158. The third kappa shape index (κ3) is 4.01. The van der Waals surface area contributed by atoms with Crippen LogP contribution in [-0.2, 0) is 14.3 Å². The average molecular weight is 320 g/mol. The van der Waals surface area contributed by atoms with Crippen molar-refractivity contribution < 1.29 is 19.4 Å². The third-order valence-corrected chi connectivity index (χ3v) is 4.07.